The van der Waals surface area contributed by atoms with Gasteiger partial charge in [-0.25, -0.2) is 8.42 Å². The van der Waals surface area contributed by atoms with Crippen molar-refractivity contribution in [3.63, 3.8) is 0 Å². The lowest BCUT2D eigenvalue weighted by atomic mass is 9.98. The second kappa shape index (κ2) is 9.52. The quantitative estimate of drug-likeness (QED) is 0.635. The molecule has 0 saturated carbocycles. The van der Waals surface area contributed by atoms with Crippen LogP contribution in [-0.4, -0.2) is 80.8 Å². The number of aliphatic hydroxyl groups is 1. The van der Waals surface area contributed by atoms with Gasteiger partial charge in [0, 0.05) is 44.5 Å². The molecule has 4 rings (SSSR count). The standard InChI is InChI=1S/C23H34N4O4S2/c1-17-16-31-13-12-25(17)14-20-15-26(33(29,30)22-9-8-21(24)32-22)10-11-27(20)19-6-4-18(5-7-19)23(2,3)28/h4-9,17,20,28H,10-16,24H2,1-3H3/t17-,20-/m0/s1. The molecule has 2 aromatic rings. The van der Waals surface area contributed by atoms with Crippen LogP contribution in [0.2, 0.25) is 0 Å². The summed E-state index contributed by atoms with van der Waals surface area (Å²) in [5, 5.41) is 10.8. The molecule has 0 aliphatic carbocycles. The summed E-state index contributed by atoms with van der Waals surface area (Å²) in [7, 11) is -3.59. The van der Waals surface area contributed by atoms with Crippen LogP contribution < -0.4 is 10.6 Å². The highest BCUT2D eigenvalue weighted by molar-refractivity contribution is 7.91. The number of anilines is 2. The fourth-order valence-corrected chi connectivity index (χ4v) is 7.22. The van der Waals surface area contributed by atoms with Crippen molar-refractivity contribution < 1.29 is 18.3 Å². The molecule has 10 heteroatoms. The third-order valence-corrected chi connectivity index (χ3v) is 9.74. The van der Waals surface area contributed by atoms with Crippen LogP contribution in [0.25, 0.3) is 0 Å². The van der Waals surface area contributed by atoms with Gasteiger partial charge in [-0.3, -0.25) is 4.90 Å². The number of sulfonamides is 1. The van der Waals surface area contributed by atoms with Crippen molar-refractivity contribution in [2.24, 2.45) is 0 Å². The van der Waals surface area contributed by atoms with E-state index in [9.17, 15) is 13.5 Å². The van der Waals surface area contributed by atoms with Crippen LogP contribution >= 0.6 is 11.3 Å². The van der Waals surface area contributed by atoms with Gasteiger partial charge in [0.1, 0.15) is 4.21 Å². The van der Waals surface area contributed by atoms with Gasteiger partial charge in [0.15, 0.2) is 0 Å². The molecule has 2 aliphatic heterocycles. The Morgan fingerprint density at radius 2 is 1.88 bits per heavy atom. The van der Waals surface area contributed by atoms with E-state index >= 15 is 0 Å². The Morgan fingerprint density at radius 1 is 1.15 bits per heavy atom. The molecule has 0 radical (unpaired) electrons. The first-order valence-electron chi connectivity index (χ1n) is 11.3. The molecule has 0 spiro atoms. The zero-order chi connectivity index (χ0) is 23.8. The maximum absolute atomic E-state index is 13.3. The summed E-state index contributed by atoms with van der Waals surface area (Å²) in [5.41, 5.74) is 6.78. The van der Waals surface area contributed by atoms with Crippen molar-refractivity contribution >= 4 is 32.0 Å². The Morgan fingerprint density at radius 3 is 2.48 bits per heavy atom. The number of hydrogen-bond donors (Lipinski definition) is 2. The van der Waals surface area contributed by atoms with Gasteiger partial charge in [-0.1, -0.05) is 12.1 Å². The first kappa shape index (κ1) is 24.4. The Labute approximate surface area is 200 Å². The van der Waals surface area contributed by atoms with Gasteiger partial charge in [-0.2, -0.15) is 4.31 Å². The average Bonchev–Trinajstić information content (AvgIpc) is 3.22. The van der Waals surface area contributed by atoms with Gasteiger partial charge in [-0.05, 0) is 50.6 Å². The molecule has 2 saturated heterocycles. The van der Waals surface area contributed by atoms with Crippen LogP contribution in [0.5, 0.6) is 0 Å². The van der Waals surface area contributed by atoms with E-state index in [1.165, 1.54) is 0 Å². The zero-order valence-corrected chi connectivity index (χ0v) is 21.1. The Bertz CT molecular complexity index is 1050. The summed E-state index contributed by atoms with van der Waals surface area (Å²) in [4.78, 5) is 4.68. The fraction of sp³-hybridized carbons (Fsp3) is 0.565. The van der Waals surface area contributed by atoms with Gasteiger partial charge >= 0.3 is 0 Å². The van der Waals surface area contributed by atoms with E-state index in [1.54, 1.807) is 30.3 Å². The van der Waals surface area contributed by atoms with E-state index < -0.39 is 15.6 Å². The van der Waals surface area contributed by atoms with E-state index in [0.717, 1.165) is 35.7 Å². The van der Waals surface area contributed by atoms with Gasteiger partial charge in [-0.15, -0.1) is 11.3 Å². The highest BCUT2D eigenvalue weighted by atomic mass is 32.2. The number of hydrogen-bond acceptors (Lipinski definition) is 8. The molecule has 1 aromatic carbocycles. The van der Waals surface area contributed by atoms with Crippen LogP contribution in [0.1, 0.15) is 26.3 Å². The van der Waals surface area contributed by atoms with E-state index in [4.69, 9.17) is 10.5 Å². The zero-order valence-electron chi connectivity index (χ0n) is 19.5. The third-order valence-electron chi connectivity index (χ3n) is 6.50. The first-order chi connectivity index (χ1) is 15.6. The highest BCUT2D eigenvalue weighted by Crippen LogP contribution is 2.31. The van der Waals surface area contributed by atoms with Crippen LogP contribution in [0.15, 0.2) is 40.6 Å². The summed E-state index contributed by atoms with van der Waals surface area (Å²) in [6.45, 7) is 10.0. The summed E-state index contributed by atoms with van der Waals surface area (Å²) >= 11 is 1.11. The minimum absolute atomic E-state index is 0.0145. The molecular formula is C23H34N4O4S2. The van der Waals surface area contributed by atoms with E-state index in [2.05, 4.69) is 16.7 Å². The number of rotatable bonds is 6. The molecule has 8 nitrogen and oxygen atoms in total. The smallest absolute Gasteiger partial charge is 0.252 e. The van der Waals surface area contributed by atoms with Crippen LogP contribution in [0.4, 0.5) is 10.7 Å². The predicted molar refractivity (Wildman–Crippen MR) is 132 cm³/mol. The van der Waals surface area contributed by atoms with Crippen molar-refractivity contribution in [1.29, 1.82) is 0 Å². The number of benzene rings is 1. The maximum atomic E-state index is 13.3. The molecule has 33 heavy (non-hydrogen) atoms. The van der Waals surface area contributed by atoms with Crippen molar-refractivity contribution in [3.05, 3.63) is 42.0 Å². The monoisotopic (exact) mass is 494 g/mol. The number of nitrogens with zero attached hydrogens (tertiary/aromatic N) is 3. The molecule has 182 valence electrons. The third kappa shape index (κ3) is 5.36. The predicted octanol–water partition coefficient (Wildman–Crippen LogP) is 2.16. The Balaban J connectivity index is 1.59. The molecule has 2 atom stereocenters. The summed E-state index contributed by atoms with van der Waals surface area (Å²) in [6, 6.07) is 11.4. The largest absolute Gasteiger partial charge is 0.391 e. The van der Waals surface area contributed by atoms with Gasteiger partial charge in [0.2, 0.25) is 0 Å². The topological polar surface area (TPSA) is 99.3 Å². The molecule has 2 fully saturated rings. The van der Waals surface area contributed by atoms with Crippen LogP contribution in [0.3, 0.4) is 0 Å². The number of thiophene rings is 1. The van der Waals surface area contributed by atoms with Gasteiger partial charge in [0.05, 0.1) is 29.9 Å². The van der Waals surface area contributed by atoms with E-state index in [-0.39, 0.29) is 12.1 Å². The van der Waals surface area contributed by atoms with Crippen molar-refractivity contribution in [2.75, 3.05) is 56.6 Å². The number of nitrogens with two attached hydrogens (primary N) is 1. The summed E-state index contributed by atoms with van der Waals surface area (Å²) in [6.07, 6.45) is 0. The van der Waals surface area contributed by atoms with Gasteiger partial charge in [0.25, 0.3) is 10.0 Å². The summed E-state index contributed by atoms with van der Waals surface area (Å²) in [5.74, 6) is 0. The number of ether oxygens (including phenoxy) is 1. The summed E-state index contributed by atoms with van der Waals surface area (Å²) < 4.78 is 34.1. The van der Waals surface area contributed by atoms with Gasteiger partial charge < -0.3 is 20.5 Å². The number of piperazine rings is 1. The first-order valence-corrected chi connectivity index (χ1v) is 13.6. The Kier molecular flexibility index (Phi) is 7.05. The lowest BCUT2D eigenvalue weighted by molar-refractivity contribution is -0.00446. The van der Waals surface area contributed by atoms with E-state index in [0.29, 0.717) is 42.1 Å². The average molecular weight is 495 g/mol. The number of nitrogen functional groups attached to an aromatic ring is 1. The van der Waals surface area contributed by atoms with Crippen molar-refractivity contribution in [3.8, 4) is 0 Å². The molecular weight excluding hydrogens is 460 g/mol. The van der Waals surface area contributed by atoms with Crippen molar-refractivity contribution in [2.45, 2.75) is 42.7 Å². The SMILES string of the molecule is C[C@H]1COCCN1C[C@H]1CN(S(=O)(=O)c2ccc(N)s2)CCN1c1ccc(C(C)(C)O)cc1. The molecule has 3 N–H and O–H groups in total. The van der Waals surface area contributed by atoms with Crippen molar-refractivity contribution in [1.82, 2.24) is 9.21 Å². The second-order valence-corrected chi connectivity index (χ2v) is 12.7. The molecule has 1 aromatic heterocycles. The molecule has 2 aliphatic rings. The number of morpholine rings is 1. The second-order valence-electron chi connectivity index (χ2n) is 9.39. The molecule has 0 unspecified atom stereocenters. The minimum Gasteiger partial charge on any atom is -0.391 e. The molecule has 0 amide bonds. The lowest BCUT2D eigenvalue weighted by Gasteiger charge is -2.45. The highest BCUT2D eigenvalue weighted by Gasteiger charge is 2.37. The fourth-order valence-electron chi connectivity index (χ4n) is 4.51. The normalized spacial score (nSPS) is 23.7. The maximum Gasteiger partial charge on any atom is 0.252 e. The van der Waals surface area contributed by atoms with E-state index in [1.807, 2.05) is 24.3 Å². The van der Waals surface area contributed by atoms with Crippen LogP contribution in [0, 0.1) is 0 Å². The minimum atomic E-state index is -3.59. The van der Waals surface area contributed by atoms with Crippen LogP contribution in [-0.2, 0) is 20.4 Å². The molecule has 0 bridgehead atoms. The molecule has 3 heterocycles. The lowest BCUT2D eigenvalue weighted by Crippen LogP contribution is -2.60. The Hall–Kier alpha value is -1.69.